The van der Waals surface area contributed by atoms with Gasteiger partial charge in [0.05, 0.1) is 6.04 Å². The van der Waals surface area contributed by atoms with Gasteiger partial charge in [0, 0.05) is 0 Å². The third kappa shape index (κ3) is 4.73. The van der Waals surface area contributed by atoms with Crippen LogP contribution in [0.1, 0.15) is 44.4 Å². The highest BCUT2D eigenvalue weighted by Crippen LogP contribution is 2.32. The molecule has 0 radical (unpaired) electrons. The van der Waals surface area contributed by atoms with Crippen LogP contribution >= 0.6 is 0 Å². The molecule has 0 bridgehead atoms. The highest BCUT2D eigenvalue weighted by Gasteiger charge is 2.22. The number of carbonyl (C=O) groups excluding carboxylic acids is 1. The number of aryl methyl sites for hydroxylation is 1. The van der Waals surface area contributed by atoms with Gasteiger partial charge in [-0.2, -0.15) is 0 Å². The van der Waals surface area contributed by atoms with Crippen molar-refractivity contribution in [2.75, 3.05) is 13.2 Å². The van der Waals surface area contributed by atoms with Crippen LogP contribution in [-0.2, 0) is 11.2 Å². The van der Waals surface area contributed by atoms with Crippen molar-refractivity contribution in [1.29, 1.82) is 0 Å². The Kier molecular flexibility index (Phi) is 6.22. The lowest BCUT2D eigenvalue weighted by Crippen LogP contribution is -2.39. The zero-order valence-corrected chi connectivity index (χ0v) is 16.2. The number of hydrogen-bond acceptors (Lipinski definition) is 4. The molecular formula is C22H27NO4. The second kappa shape index (κ2) is 8.80. The van der Waals surface area contributed by atoms with E-state index in [0.717, 1.165) is 23.5 Å². The first-order valence-electron chi connectivity index (χ1n) is 9.56. The van der Waals surface area contributed by atoms with E-state index in [1.807, 2.05) is 56.3 Å². The normalized spacial score (nSPS) is 14.9. The number of rotatable bonds is 7. The Morgan fingerprint density at radius 2 is 1.78 bits per heavy atom. The first-order chi connectivity index (χ1) is 13.1. The quantitative estimate of drug-likeness (QED) is 0.800. The van der Waals surface area contributed by atoms with Gasteiger partial charge in [0.25, 0.3) is 5.91 Å². The van der Waals surface area contributed by atoms with Gasteiger partial charge in [-0.1, -0.05) is 32.0 Å². The molecule has 2 aromatic rings. The number of carbonyl (C=O) groups is 1. The maximum Gasteiger partial charge on any atom is 0.261 e. The van der Waals surface area contributed by atoms with E-state index in [4.69, 9.17) is 14.2 Å². The van der Waals surface area contributed by atoms with Gasteiger partial charge in [0.1, 0.15) is 19.0 Å². The van der Waals surface area contributed by atoms with Crippen LogP contribution in [0.3, 0.4) is 0 Å². The van der Waals surface area contributed by atoms with Crippen LogP contribution in [0.2, 0.25) is 0 Å². The van der Waals surface area contributed by atoms with Crippen LogP contribution in [0.25, 0.3) is 0 Å². The molecule has 2 aromatic carbocycles. The van der Waals surface area contributed by atoms with E-state index in [-0.39, 0.29) is 11.9 Å². The zero-order chi connectivity index (χ0) is 19.2. The maximum atomic E-state index is 12.7. The van der Waals surface area contributed by atoms with Crippen molar-refractivity contribution in [1.82, 2.24) is 5.32 Å². The number of ether oxygens (including phenoxy) is 3. The molecule has 144 valence electrons. The average molecular weight is 369 g/mol. The second-order valence-corrected chi connectivity index (χ2v) is 6.65. The van der Waals surface area contributed by atoms with E-state index in [1.165, 1.54) is 5.56 Å². The average Bonchev–Trinajstić information content (AvgIpc) is 2.71. The second-order valence-electron chi connectivity index (χ2n) is 6.65. The van der Waals surface area contributed by atoms with Gasteiger partial charge < -0.3 is 19.5 Å². The molecule has 0 aromatic heterocycles. The fourth-order valence-corrected chi connectivity index (χ4v) is 3.01. The van der Waals surface area contributed by atoms with E-state index in [2.05, 4.69) is 12.2 Å². The van der Waals surface area contributed by atoms with Crippen molar-refractivity contribution < 1.29 is 19.0 Å². The molecular weight excluding hydrogens is 342 g/mol. The third-order valence-corrected chi connectivity index (χ3v) is 4.70. The molecule has 0 unspecified atom stereocenters. The van der Waals surface area contributed by atoms with Crippen molar-refractivity contribution in [3.63, 3.8) is 0 Å². The van der Waals surface area contributed by atoms with E-state index in [0.29, 0.717) is 25.4 Å². The first kappa shape index (κ1) is 19.1. The predicted molar refractivity (Wildman–Crippen MR) is 105 cm³/mol. The fourth-order valence-electron chi connectivity index (χ4n) is 3.01. The van der Waals surface area contributed by atoms with Gasteiger partial charge in [-0.05, 0) is 55.2 Å². The molecule has 1 heterocycles. The smallest absolute Gasteiger partial charge is 0.261 e. The van der Waals surface area contributed by atoms with Gasteiger partial charge in [-0.25, -0.2) is 0 Å². The van der Waals surface area contributed by atoms with Gasteiger partial charge >= 0.3 is 0 Å². The van der Waals surface area contributed by atoms with Crippen molar-refractivity contribution in [2.24, 2.45) is 0 Å². The van der Waals surface area contributed by atoms with E-state index < -0.39 is 6.10 Å². The van der Waals surface area contributed by atoms with E-state index in [9.17, 15) is 4.79 Å². The molecule has 1 amide bonds. The standard InChI is InChI=1S/C22H27NO4/c1-4-16-6-9-18(10-7-16)27-19(5-2)22(24)23-15(3)17-8-11-20-21(14-17)26-13-12-25-20/h6-11,14-15,19H,4-5,12-13H2,1-3H3,(H,23,24)/t15-,19+/m0/s1. The van der Waals surface area contributed by atoms with E-state index in [1.54, 1.807) is 0 Å². The summed E-state index contributed by atoms with van der Waals surface area (Å²) in [7, 11) is 0. The molecule has 1 aliphatic heterocycles. The van der Waals surface area contributed by atoms with Crippen LogP contribution in [-0.4, -0.2) is 25.2 Å². The van der Waals surface area contributed by atoms with Gasteiger partial charge in [-0.15, -0.1) is 0 Å². The fraction of sp³-hybridized carbons (Fsp3) is 0.409. The lowest BCUT2D eigenvalue weighted by atomic mass is 10.1. The third-order valence-electron chi connectivity index (χ3n) is 4.70. The minimum absolute atomic E-state index is 0.126. The summed E-state index contributed by atoms with van der Waals surface area (Å²) >= 11 is 0. The molecule has 2 atom stereocenters. The highest BCUT2D eigenvalue weighted by atomic mass is 16.6. The summed E-state index contributed by atoms with van der Waals surface area (Å²) in [6, 6.07) is 13.5. The summed E-state index contributed by atoms with van der Waals surface area (Å²) in [4.78, 5) is 12.7. The van der Waals surface area contributed by atoms with Crippen molar-refractivity contribution >= 4 is 5.91 Å². The molecule has 0 spiro atoms. The Morgan fingerprint density at radius 1 is 1.07 bits per heavy atom. The SMILES string of the molecule is CCc1ccc(O[C@H](CC)C(=O)N[C@@H](C)c2ccc3c(c2)OCCO3)cc1. The summed E-state index contributed by atoms with van der Waals surface area (Å²) < 4.78 is 17.1. The highest BCUT2D eigenvalue weighted by molar-refractivity contribution is 5.81. The largest absolute Gasteiger partial charge is 0.486 e. The van der Waals surface area contributed by atoms with Crippen LogP contribution < -0.4 is 19.5 Å². The Morgan fingerprint density at radius 3 is 2.44 bits per heavy atom. The van der Waals surface area contributed by atoms with Crippen LogP contribution in [0, 0.1) is 0 Å². The molecule has 0 saturated heterocycles. The van der Waals surface area contributed by atoms with Crippen LogP contribution in [0.5, 0.6) is 17.2 Å². The molecule has 0 saturated carbocycles. The number of nitrogens with one attached hydrogen (secondary N) is 1. The maximum absolute atomic E-state index is 12.7. The zero-order valence-electron chi connectivity index (χ0n) is 16.2. The number of hydrogen-bond donors (Lipinski definition) is 1. The number of amides is 1. The Labute approximate surface area is 160 Å². The lowest BCUT2D eigenvalue weighted by molar-refractivity contribution is -0.128. The molecule has 1 aliphatic rings. The van der Waals surface area contributed by atoms with Gasteiger partial charge in [0.15, 0.2) is 17.6 Å². The molecule has 5 nitrogen and oxygen atoms in total. The lowest BCUT2D eigenvalue weighted by Gasteiger charge is -2.23. The van der Waals surface area contributed by atoms with Crippen molar-refractivity contribution in [2.45, 2.75) is 45.8 Å². The summed E-state index contributed by atoms with van der Waals surface area (Å²) in [5, 5.41) is 3.04. The summed E-state index contributed by atoms with van der Waals surface area (Å²) in [5.74, 6) is 2.05. The van der Waals surface area contributed by atoms with Gasteiger partial charge in [-0.3, -0.25) is 4.79 Å². The minimum atomic E-state index is -0.530. The van der Waals surface area contributed by atoms with Crippen LogP contribution in [0.15, 0.2) is 42.5 Å². The molecule has 3 rings (SSSR count). The van der Waals surface area contributed by atoms with Crippen molar-refractivity contribution in [3.05, 3.63) is 53.6 Å². The van der Waals surface area contributed by atoms with Crippen molar-refractivity contribution in [3.8, 4) is 17.2 Å². The predicted octanol–water partition coefficient (Wildman–Crippen LogP) is 4.06. The Bertz CT molecular complexity index is 772. The molecule has 5 heteroatoms. The molecule has 0 fully saturated rings. The number of fused-ring (bicyclic) bond motifs is 1. The summed E-state index contributed by atoms with van der Waals surface area (Å²) in [6.45, 7) is 7.11. The molecule has 27 heavy (non-hydrogen) atoms. The summed E-state index contributed by atoms with van der Waals surface area (Å²) in [6.07, 6.45) is 1.04. The molecule has 0 aliphatic carbocycles. The topological polar surface area (TPSA) is 56.8 Å². The number of benzene rings is 2. The van der Waals surface area contributed by atoms with Gasteiger partial charge in [0.2, 0.25) is 0 Å². The monoisotopic (exact) mass is 369 g/mol. The van der Waals surface area contributed by atoms with E-state index >= 15 is 0 Å². The minimum Gasteiger partial charge on any atom is -0.486 e. The van der Waals surface area contributed by atoms with Crippen LogP contribution in [0.4, 0.5) is 0 Å². The summed E-state index contributed by atoms with van der Waals surface area (Å²) in [5.41, 5.74) is 2.21. The first-order valence-corrected chi connectivity index (χ1v) is 9.56. The Balaban J connectivity index is 1.63. The molecule has 1 N–H and O–H groups in total. The Hall–Kier alpha value is -2.69.